The zero-order chi connectivity index (χ0) is 9.68. The summed E-state index contributed by atoms with van der Waals surface area (Å²) in [6, 6.07) is 0.664. The van der Waals surface area contributed by atoms with E-state index in [0.29, 0.717) is 6.04 Å². The Labute approximate surface area is 82.0 Å². The lowest BCUT2D eigenvalue weighted by Crippen LogP contribution is -2.38. The van der Waals surface area contributed by atoms with Gasteiger partial charge in [-0.2, -0.15) is 0 Å². The van der Waals surface area contributed by atoms with Crippen LogP contribution >= 0.6 is 0 Å². The maximum atomic E-state index is 5.29. The van der Waals surface area contributed by atoms with Crippen LogP contribution in [0, 0.1) is 11.8 Å². The molecule has 1 rings (SSSR count). The molecule has 1 aliphatic rings. The van der Waals surface area contributed by atoms with Crippen LogP contribution < -0.4 is 5.32 Å². The molecule has 0 bridgehead atoms. The predicted octanol–water partition coefficient (Wildman–Crippen LogP) is 2.05. The third-order valence-corrected chi connectivity index (χ3v) is 3.01. The Kier molecular flexibility index (Phi) is 4.74. The minimum absolute atomic E-state index is 0.664. The fourth-order valence-corrected chi connectivity index (χ4v) is 2.16. The number of methoxy groups -OCH3 is 1. The molecule has 0 aromatic heterocycles. The van der Waals surface area contributed by atoms with Gasteiger partial charge in [0.2, 0.25) is 0 Å². The summed E-state index contributed by atoms with van der Waals surface area (Å²) in [6.07, 6.45) is 4.05. The van der Waals surface area contributed by atoms with E-state index in [-0.39, 0.29) is 0 Å². The average molecular weight is 185 g/mol. The van der Waals surface area contributed by atoms with Crippen LogP contribution in [0.3, 0.4) is 0 Å². The number of hydrogen-bond donors (Lipinski definition) is 1. The van der Waals surface area contributed by atoms with Crippen molar-refractivity contribution in [1.82, 2.24) is 5.32 Å². The van der Waals surface area contributed by atoms with E-state index in [2.05, 4.69) is 19.2 Å². The van der Waals surface area contributed by atoms with Gasteiger partial charge in [-0.1, -0.05) is 13.8 Å². The Morgan fingerprint density at radius 2 is 2.08 bits per heavy atom. The minimum atomic E-state index is 0.664. The molecule has 0 radical (unpaired) electrons. The summed E-state index contributed by atoms with van der Waals surface area (Å²) < 4.78 is 5.29. The SMILES string of the molecule is CCNC(CC)C(COC)C1CC1. The van der Waals surface area contributed by atoms with E-state index < -0.39 is 0 Å². The van der Waals surface area contributed by atoms with Gasteiger partial charge in [0.15, 0.2) is 0 Å². The summed E-state index contributed by atoms with van der Waals surface area (Å²) in [4.78, 5) is 0. The summed E-state index contributed by atoms with van der Waals surface area (Å²) in [5.41, 5.74) is 0. The standard InChI is InChI=1S/C11H23NO/c1-4-11(12-5-2)10(8-13-3)9-6-7-9/h9-12H,4-8H2,1-3H3. The molecule has 1 saturated carbocycles. The molecule has 1 N–H and O–H groups in total. The maximum absolute atomic E-state index is 5.29. The number of hydrogen-bond acceptors (Lipinski definition) is 2. The minimum Gasteiger partial charge on any atom is -0.384 e. The van der Waals surface area contributed by atoms with Gasteiger partial charge in [-0.3, -0.25) is 0 Å². The van der Waals surface area contributed by atoms with Crippen LogP contribution in [0.2, 0.25) is 0 Å². The van der Waals surface area contributed by atoms with Gasteiger partial charge in [-0.05, 0) is 31.7 Å². The van der Waals surface area contributed by atoms with E-state index in [1.54, 1.807) is 0 Å². The second kappa shape index (κ2) is 5.61. The summed E-state index contributed by atoms with van der Waals surface area (Å²) in [5, 5.41) is 3.56. The van der Waals surface area contributed by atoms with Crippen LogP contribution in [0.5, 0.6) is 0 Å². The highest BCUT2D eigenvalue weighted by molar-refractivity contribution is 4.88. The van der Waals surface area contributed by atoms with Gasteiger partial charge in [0.05, 0.1) is 6.61 Å². The molecule has 0 amide bonds. The van der Waals surface area contributed by atoms with Gasteiger partial charge >= 0.3 is 0 Å². The first-order valence-electron chi connectivity index (χ1n) is 5.55. The van der Waals surface area contributed by atoms with Gasteiger partial charge in [0, 0.05) is 19.1 Å². The van der Waals surface area contributed by atoms with Gasteiger partial charge < -0.3 is 10.1 Å². The van der Waals surface area contributed by atoms with E-state index in [9.17, 15) is 0 Å². The molecular weight excluding hydrogens is 162 g/mol. The van der Waals surface area contributed by atoms with Crippen LogP contribution in [0.15, 0.2) is 0 Å². The molecule has 0 aromatic carbocycles. The molecule has 2 heteroatoms. The fraction of sp³-hybridized carbons (Fsp3) is 1.00. The Morgan fingerprint density at radius 3 is 2.46 bits per heavy atom. The van der Waals surface area contributed by atoms with Crippen LogP contribution in [0.4, 0.5) is 0 Å². The maximum Gasteiger partial charge on any atom is 0.0508 e. The summed E-state index contributed by atoms with van der Waals surface area (Å²) in [7, 11) is 1.81. The van der Waals surface area contributed by atoms with E-state index in [1.165, 1.54) is 19.3 Å². The summed E-state index contributed by atoms with van der Waals surface area (Å²) >= 11 is 0. The number of rotatable bonds is 7. The van der Waals surface area contributed by atoms with Crippen LogP contribution in [0.25, 0.3) is 0 Å². The van der Waals surface area contributed by atoms with Crippen molar-refractivity contribution in [3.63, 3.8) is 0 Å². The largest absolute Gasteiger partial charge is 0.384 e. The molecule has 2 atom stereocenters. The zero-order valence-corrected chi connectivity index (χ0v) is 9.18. The lowest BCUT2D eigenvalue weighted by atomic mass is 9.93. The van der Waals surface area contributed by atoms with Crippen molar-refractivity contribution in [2.75, 3.05) is 20.3 Å². The van der Waals surface area contributed by atoms with Gasteiger partial charge in [-0.15, -0.1) is 0 Å². The van der Waals surface area contributed by atoms with Gasteiger partial charge in [-0.25, -0.2) is 0 Å². The molecule has 1 fully saturated rings. The van der Waals surface area contributed by atoms with Crippen molar-refractivity contribution in [3.05, 3.63) is 0 Å². The first-order chi connectivity index (χ1) is 6.33. The van der Waals surface area contributed by atoms with Crippen molar-refractivity contribution in [1.29, 1.82) is 0 Å². The summed E-state index contributed by atoms with van der Waals surface area (Å²) in [6.45, 7) is 6.44. The number of nitrogens with one attached hydrogen (secondary N) is 1. The van der Waals surface area contributed by atoms with E-state index in [0.717, 1.165) is 25.0 Å². The van der Waals surface area contributed by atoms with Gasteiger partial charge in [0.1, 0.15) is 0 Å². The molecule has 0 aliphatic heterocycles. The van der Waals surface area contributed by atoms with E-state index in [1.807, 2.05) is 7.11 Å². The Morgan fingerprint density at radius 1 is 1.38 bits per heavy atom. The van der Waals surface area contributed by atoms with Crippen LogP contribution in [-0.4, -0.2) is 26.3 Å². The molecule has 0 aromatic rings. The Hall–Kier alpha value is -0.0800. The quantitative estimate of drug-likeness (QED) is 0.655. The first kappa shape index (κ1) is 11.0. The highest BCUT2D eigenvalue weighted by Gasteiger charge is 2.35. The molecule has 13 heavy (non-hydrogen) atoms. The van der Waals surface area contributed by atoms with Crippen molar-refractivity contribution in [2.24, 2.45) is 11.8 Å². The smallest absolute Gasteiger partial charge is 0.0508 e. The number of ether oxygens (including phenoxy) is 1. The first-order valence-corrected chi connectivity index (χ1v) is 5.55. The molecule has 2 nitrogen and oxygen atoms in total. The molecule has 0 spiro atoms. The normalized spacial score (nSPS) is 21.5. The third-order valence-electron chi connectivity index (χ3n) is 3.01. The van der Waals surface area contributed by atoms with Crippen molar-refractivity contribution in [3.8, 4) is 0 Å². The fourth-order valence-electron chi connectivity index (χ4n) is 2.16. The van der Waals surface area contributed by atoms with Crippen molar-refractivity contribution >= 4 is 0 Å². The lowest BCUT2D eigenvalue weighted by molar-refractivity contribution is 0.117. The predicted molar refractivity (Wildman–Crippen MR) is 55.8 cm³/mol. The van der Waals surface area contributed by atoms with E-state index in [4.69, 9.17) is 4.74 Å². The monoisotopic (exact) mass is 185 g/mol. The van der Waals surface area contributed by atoms with Crippen molar-refractivity contribution < 1.29 is 4.74 Å². The van der Waals surface area contributed by atoms with E-state index >= 15 is 0 Å². The molecular formula is C11H23NO. The zero-order valence-electron chi connectivity index (χ0n) is 9.18. The highest BCUT2D eigenvalue weighted by Crippen LogP contribution is 2.39. The second-order valence-electron chi connectivity index (χ2n) is 4.03. The van der Waals surface area contributed by atoms with Crippen LogP contribution in [0.1, 0.15) is 33.1 Å². The third kappa shape index (κ3) is 3.28. The van der Waals surface area contributed by atoms with Crippen molar-refractivity contribution in [2.45, 2.75) is 39.2 Å². The summed E-state index contributed by atoms with van der Waals surface area (Å²) in [5.74, 6) is 1.68. The molecule has 0 saturated heterocycles. The second-order valence-corrected chi connectivity index (χ2v) is 4.03. The molecule has 78 valence electrons. The molecule has 1 aliphatic carbocycles. The lowest BCUT2D eigenvalue weighted by Gasteiger charge is -2.26. The van der Waals surface area contributed by atoms with Gasteiger partial charge in [0.25, 0.3) is 0 Å². The molecule has 2 unspecified atom stereocenters. The average Bonchev–Trinajstić information content (AvgIpc) is 2.94. The Bertz CT molecular complexity index is 134. The Balaban J connectivity index is 2.38. The topological polar surface area (TPSA) is 21.3 Å². The van der Waals surface area contributed by atoms with Crippen LogP contribution in [-0.2, 0) is 4.74 Å². The molecule has 0 heterocycles. The highest BCUT2D eigenvalue weighted by atomic mass is 16.5.